The van der Waals surface area contributed by atoms with Crippen LogP contribution in [0.15, 0.2) is 54.6 Å². The Balaban J connectivity index is 1.76. The summed E-state index contributed by atoms with van der Waals surface area (Å²) >= 11 is 0. The second-order valence-corrected chi connectivity index (χ2v) is 9.17. The summed E-state index contributed by atoms with van der Waals surface area (Å²) in [6, 6.07) is 11.0. The van der Waals surface area contributed by atoms with Crippen LogP contribution in [0.4, 0.5) is 26.3 Å². The Morgan fingerprint density at radius 1 is 1.08 bits per heavy atom. The molecule has 38 heavy (non-hydrogen) atoms. The molecule has 0 saturated carbocycles. The number of nitrogens with zero attached hydrogens (tertiary/aromatic N) is 1. The standard InChI is InChI=1S/C27H26F6N2O3/c1-16-20(25(37)34-14-24(36)17-6-3-2-4-7-17)13-23(35(16)15-19-8-5-11-38-19)21-12-18(26(28,29)30)9-10-22(21)27(31,32)33/h2-4,6-7,9-10,12-13,19,24,36H,5,8,11,14-15H2,1H3,(H,34,37)/t19-,24?/m1/s1. The third-order valence-corrected chi connectivity index (χ3v) is 6.59. The van der Waals surface area contributed by atoms with E-state index in [-0.39, 0.29) is 36.1 Å². The summed E-state index contributed by atoms with van der Waals surface area (Å²) in [7, 11) is 0. The van der Waals surface area contributed by atoms with Gasteiger partial charge in [-0.05, 0) is 49.6 Å². The van der Waals surface area contributed by atoms with Gasteiger partial charge in [0, 0.05) is 36.6 Å². The van der Waals surface area contributed by atoms with Crippen molar-refractivity contribution in [3.05, 3.63) is 82.5 Å². The predicted molar refractivity (Wildman–Crippen MR) is 127 cm³/mol. The van der Waals surface area contributed by atoms with Crippen molar-refractivity contribution >= 4 is 5.91 Å². The average molecular weight is 541 g/mol. The van der Waals surface area contributed by atoms with Crippen molar-refractivity contribution < 1.29 is 41.0 Å². The van der Waals surface area contributed by atoms with Crippen molar-refractivity contribution in [3.63, 3.8) is 0 Å². The minimum atomic E-state index is -4.94. The third-order valence-electron chi connectivity index (χ3n) is 6.59. The lowest BCUT2D eigenvalue weighted by atomic mass is 9.99. The monoisotopic (exact) mass is 540 g/mol. The highest BCUT2D eigenvalue weighted by molar-refractivity contribution is 5.97. The smallest absolute Gasteiger partial charge is 0.387 e. The van der Waals surface area contributed by atoms with Crippen molar-refractivity contribution in [1.29, 1.82) is 0 Å². The number of hydrogen-bond acceptors (Lipinski definition) is 3. The Hall–Kier alpha value is -3.31. The Bertz CT molecular complexity index is 1280. The van der Waals surface area contributed by atoms with Gasteiger partial charge in [0.15, 0.2) is 0 Å². The van der Waals surface area contributed by atoms with Gasteiger partial charge in [-0.2, -0.15) is 26.3 Å². The molecular formula is C27H26F6N2O3. The quantitative estimate of drug-likeness (QED) is 0.354. The summed E-state index contributed by atoms with van der Waals surface area (Å²) in [6.07, 6.45) is -9.84. The van der Waals surface area contributed by atoms with Crippen LogP contribution in [-0.2, 0) is 23.6 Å². The molecule has 0 bridgehead atoms. The van der Waals surface area contributed by atoms with Crippen LogP contribution in [-0.4, -0.2) is 34.8 Å². The lowest BCUT2D eigenvalue weighted by molar-refractivity contribution is -0.141. The Morgan fingerprint density at radius 3 is 2.39 bits per heavy atom. The van der Waals surface area contributed by atoms with Gasteiger partial charge < -0.3 is 19.7 Å². The molecule has 2 N–H and O–H groups in total. The SMILES string of the molecule is Cc1c(C(=O)NCC(O)c2ccccc2)cc(-c2cc(C(F)(F)F)ccc2C(F)(F)F)n1C[C@H]1CCCO1. The highest BCUT2D eigenvalue weighted by Gasteiger charge is 2.38. The Morgan fingerprint density at radius 2 is 1.79 bits per heavy atom. The van der Waals surface area contributed by atoms with Gasteiger partial charge in [0.25, 0.3) is 5.91 Å². The van der Waals surface area contributed by atoms with Crippen LogP contribution >= 0.6 is 0 Å². The Kier molecular flexibility index (Phi) is 7.89. The molecule has 1 amide bonds. The minimum Gasteiger partial charge on any atom is -0.387 e. The van der Waals surface area contributed by atoms with E-state index in [1.807, 2.05) is 0 Å². The second kappa shape index (κ2) is 10.8. The number of ether oxygens (including phenoxy) is 1. The summed E-state index contributed by atoms with van der Waals surface area (Å²) in [6.45, 7) is 1.87. The topological polar surface area (TPSA) is 63.5 Å². The molecule has 3 aromatic rings. The van der Waals surface area contributed by atoms with Crippen LogP contribution in [0.2, 0.25) is 0 Å². The molecule has 0 radical (unpaired) electrons. The van der Waals surface area contributed by atoms with E-state index in [0.717, 1.165) is 6.42 Å². The van der Waals surface area contributed by atoms with E-state index in [1.165, 1.54) is 17.6 Å². The van der Waals surface area contributed by atoms with Crippen LogP contribution in [0.25, 0.3) is 11.3 Å². The third kappa shape index (κ3) is 6.05. The maximum absolute atomic E-state index is 13.9. The number of carbonyl (C=O) groups excluding carboxylic acids is 1. The van der Waals surface area contributed by atoms with E-state index in [9.17, 15) is 36.2 Å². The number of aromatic nitrogens is 1. The number of carbonyl (C=O) groups is 1. The zero-order valence-electron chi connectivity index (χ0n) is 20.4. The van der Waals surface area contributed by atoms with Gasteiger partial charge in [-0.1, -0.05) is 30.3 Å². The van der Waals surface area contributed by atoms with Gasteiger partial charge in [0.05, 0.1) is 28.9 Å². The summed E-state index contributed by atoms with van der Waals surface area (Å²) in [5.74, 6) is -0.676. The maximum Gasteiger partial charge on any atom is 0.417 e. The van der Waals surface area contributed by atoms with Gasteiger partial charge in [0.2, 0.25) is 0 Å². The number of aliphatic hydroxyl groups excluding tert-OH is 1. The summed E-state index contributed by atoms with van der Waals surface area (Å²) in [5.41, 5.74) is -2.53. The van der Waals surface area contributed by atoms with Crippen molar-refractivity contribution in [2.24, 2.45) is 0 Å². The molecule has 2 heterocycles. The number of nitrogens with one attached hydrogen (secondary N) is 1. The maximum atomic E-state index is 13.9. The normalized spacial score (nSPS) is 17.0. The van der Waals surface area contributed by atoms with E-state index in [4.69, 9.17) is 4.74 Å². The summed E-state index contributed by atoms with van der Waals surface area (Å²) < 4.78 is 89.2. The number of halogens is 6. The summed E-state index contributed by atoms with van der Waals surface area (Å²) in [5, 5.41) is 12.9. The number of alkyl halides is 6. The molecule has 1 aliphatic rings. The van der Waals surface area contributed by atoms with Gasteiger partial charge in [-0.25, -0.2) is 0 Å². The molecular weight excluding hydrogens is 514 g/mol. The van der Waals surface area contributed by atoms with E-state index < -0.39 is 41.1 Å². The molecule has 1 aliphatic heterocycles. The molecule has 5 nitrogen and oxygen atoms in total. The zero-order valence-corrected chi connectivity index (χ0v) is 20.4. The first kappa shape index (κ1) is 27.7. The average Bonchev–Trinajstić information content (AvgIpc) is 3.50. The minimum absolute atomic E-state index is 0.0104. The van der Waals surface area contributed by atoms with Crippen molar-refractivity contribution in [2.75, 3.05) is 13.2 Å². The van der Waals surface area contributed by atoms with E-state index in [0.29, 0.717) is 36.8 Å². The Labute approximate surface area is 215 Å². The van der Waals surface area contributed by atoms with Crippen LogP contribution in [0, 0.1) is 6.92 Å². The fraction of sp³-hybridized carbons (Fsp3) is 0.370. The molecule has 2 atom stereocenters. The number of rotatable bonds is 7. The lowest BCUT2D eigenvalue weighted by Crippen LogP contribution is -2.28. The fourth-order valence-corrected chi connectivity index (χ4v) is 4.58. The molecule has 11 heteroatoms. The largest absolute Gasteiger partial charge is 0.417 e. The first-order chi connectivity index (χ1) is 17.9. The van der Waals surface area contributed by atoms with Crippen LogP contribution in [0.5, 0.6) is 0 Å². The first-order valence-corrected chi connectivity index (χ1v) is 12.0. The van der Waals surface area contributed by atoms with E-state index >= 15 is 0 Å². The number of amides is 1. The predicted octanol–water partition coefficient (Wildman–Crippen LogP) is 6.14. The molecule has 1 unspecified atom stereocenters. The number of hydrogen-bond donors (Lipinski definition) is 2. The van der Waals surface area contributed by atoms with Crippen molar-refractivity contribution in [3.8, 4) is 11.3 Å². The first-order valence-electron chi connectivity index (χ1n) is 12.0. The van der Waals surface area contributed by atoms with Crippen LogP contribution < -0.4 is 5.32 Å². The molecule has 0 spiro atoms. The lowest BCUT2D eigenvalue weighted by Gasteiger charge is -2.20. The van der Waals surface area contributed by atoms with Gasteiger partial charge in [0.1, 0.15) is 0 Å². The highest BCUT2D eigenvalue weighted by atomic mass is 19.4. The van der Waals surface area contributed by atoms with Crippen LogP contribution in [0.1, 0.15) is 51.7 Å². The van der Waals surface area contributed by atoms with E-state index in [2.05, 4.69) is 5.32 Å². The molecule has 1 saturated heterocycles. The van der Waals surface area contributed by atoms with Gasteiger partial charge in [-0.3, -0.25) is 4.79 Å². The molecule has 4 rings (SSSR count). The number of benzene rings is 2. The zero-order chi connectivity index (χ0) is 27.7. The summed E-state index contributed by atoms with van der Waals surface area (Å²) in [4.78, 5) is 13.1. The molecule has 0 aliphatic carbocycles. The van der Waals surface area contributed by atoms with Gasteiger partial charge in [-0.15, -0.1) is 0 Å². The van der Waals surface area contributed by atoms with Gasteiger partial charge >= 0.3 is 12.4 Å². The molecule has 2 aromatic carbocycles. The number of aliphatic hydroxyl groups is 1. The van der Waals surface area contributed by atoms with Crippen molar-refractivity contribution in [1.82, 2.24) is 9.88 Å². The second-order valence-electron chi connectivity index (χ2n) is 9.17. The van der Waals surface area contributed by atoms with Crippen molar-refractivity contribution in [2.45, 2.75) is 50.9 Å². The highest BCUT2D eigenvalue weighted by Crippen LogP contribution is 2.42. The molecule has 204 valence electrons. The van der Waals surface area contributed by atoms with Crippen LogP contribution in [0.3, 0.4) is 0 Å². The molecule has 1 fully saturated rings. The molecule has 1 aromatic heterocycles. The fourth-order valence-electron chi connectivity index (χ4n) is 4.58. The van der Waals surface area contributed by atoms with E-state index in [1.54, 1.807) is 30.3 Å².